The fourth-order valence-corrected chi connectivity index (χ4v) is 2.81. The Balaban J connectivity index is 1.69. The van der Waals surface area contributed by atoms with Crippen molar-refractivity contribution in [3.63, 3.8) is 0 Å². The first kappa shape index (κ1) is 18.0. The second-order valence-corrected chi connectivity index (χ2v) is 5.88. The third-order valence-corrected chi connectivity index (χ3v) is 4.06. The Morgan fingerprint density at radius 3 is 2.65 bits per heavy atom. The zero-order chi connectivity index (χ0) is 18.9. The van der Waals surface area contributed by atoms with Gasteiger partial charge in [-0.3, -0.25) is 4.79 Å². The predicted octanol–water partition coefficient (Wildman–Crippen LogP) is 3.00. The average molecular weight is 369 g/mol. The fourth-order valence-electron chi connectivity index (χ4n) is 2.81. The Labute approximate surface area is 146 Å². The molecule has 1 saturated heterocycles. The molecule has 2 N–H and O–H groups in total. The molecule has 2 heterocycles. The Hall–Kier alpha value is -2.84. The van der Waals surface area contributed by atoms with Crippen LogP contribution < -0.4 is 15.4 Å². The lowest BCUT2D eigenvalue weighted by atomic mass is 10.1. The van der Waals surface area contributed by atoms with Crippen LogP contribution in [-0.2, 0) is 6.18 Å². The number of primary amides is 1. The molecule has 2 aromatic rings. The van der Waals surface area contributed by atoms with Gasteiger partial charge in [0, 0.05) is 30.9 Å². The van der Waals surface area contributed by atoms with Crippen LogP contribution in [0.15, 0.2) is 36.5 Å². The van der Waals surface area contributed by atoms with Gasteiger partial charge < -0.3 is 15.4 Å². The minimum Gasteiger partial charge on any atom is -0.472 e. The second kappa shape index (κ2) is 6.81. The third-order valence-electron chi connectivity index (χ3n) is 4.06. The number of nitrogens with zero attached hydrogens (tertiary/aromatic N) is 2. The zero-order valence-electron chi connectivity index (χ0n) is 13.5. The van der Waals surface area contributed by atoms with Gasteiger partial charge in [-0.1, -0.05) is 0 Å². The molecule has 5 nitrogen and oxygen atoms in total. The van der Waals surface area contributed by atoms with E-state index in [-0.39, 0.29) is 17.5 Å². The molecular weight excluding hydrogens is 354 g/mol. The first-order chi connectivity index (χ1) is 12.2. The molecule has 1 amide bonds. The van der Waals surface area contributed by atoms with Gasteiger partial charge in [-0.25, -0.2) is 9.37 Å². The molecular formula is C17H15F4N3O2. The van der Waals surface area contributed by atoms with E-state index in [0.717, 1.165) is 18.2 Å². The number of carbonyl (C=O) groups excluding carboxylic acids is 1. The van der Waals surface area contributed by atoms with Crippen molar-refractivity contribution in [2.45, 2.75) is 18.7 Å². The normalized spacial score (nSPS) is 17.4. The second-order valence-electron chi connectivity index (χ2n) is 5.88. The quantitative estimate of drug-likeness (QED) is 0.842. The van der Waals surface area contributed by atoms with Crippen molar-refractivity contribution >= 4 is 11.6 Å². The number of rotatable bonds is 4. The lowest BCUT2D eigenvalue weighted by Crippen LogP contribution is -2.27. The molecule has 0 radical (unpaired) electrons. The Morgan fingerprint density at radius 1 is 1.27 bits per heavy atom. The van der Waals surface area contributed by atoms with Crippen LogP contribution in [0.3, 0.4) is 0 Å². The van der Waals surface area contributed by atoms with Crippen LogP contribution in [0.5, 0.6) is 5.88 Å². The maximum absolute atomic E-state index is 13.3. The van der Waals surface area contributed by atoms with E-state index < -0.39 is 23.5 Å². The summed E-state index contributed by atoms with van der Waals surface area (Å²) in [6.07, 6.45) is -3.50. The van der Waals surface area contributed by atoms with Crippen LogP contribution in [0.1, 0.15) is 22.3 Å². The molecule has 1 unspecified atom stereocenters. The van der Waals surface area contributed by atoms with E-state index in [1.807, 2.05) is 4.90 Å². The summed E-state index contributed by atoms with van der Waals surface area (Å²) in [5, 5.41) is 0. The Morgan fingerprint density at radius 2 is 2.04 bits per heavy atom. The van der Waals surface area contributed by atoms with Crippen LogP contribution >= 0.6 is 0 Å². The minimum atomic E-state index is -4.45. The van der Waals surface area contributed by atoms with Crippen molar-refractivity contribution in [2.24, 2.45) is 5.73 Å². The molecule has 0 spiro atoms. The molecule has 26 heavy (non-hydrogen) atoms. The summed E-state index contributed by atoms with van der Waals surface area (Å²) in [6.45, 7) is 0.895. The summed E-state index contributed by atoms with van der Waals surface area (Å²) in [5.74, 6) is -1.23. The van der Waals surface area contributed by atoms with Gasteiger partial charge in [0.15, 0.2) is 0 Å². The molecule has 0 saturated carbocycles. The van der Waals surface area contributed by atoms with E-state index in [0.29, 0.717) is 31.4 Å². The maximum atomic E-state index is 13.3. The Bertz CT molecular complexity index is 809. The van der Waals surface area contributed by atoms with Crippen LogP contribution in [-0.4, -0.2) is 30.1 Å². The number of ether oxygens (including phenoxy) is 1. The van der Waals surface area contributed by atoms with Gasteiger partial charge in [0.05, 0.1) is 17.7 Å². The van der Waals surface area contributed by atoms with Crippen molar-refractivity contribution in [3.05, 3.63) is 53.5 Å². The summed E-state index contributed by atoms with van der Waals surface area (Å²) >= 11 is 0. The monoisotopic (exact) mass is 369 g/mol. The van der Waals surface area contributed by atoms with Gasteiger partial charge in [-0.05, 0) is 24.3 Å². The van der Waals surface area contributed by atoms with E-state index in [1.165, 1.54) is 12.1 Å². The number of nitrogens with two attached hydrogens (primary N) is 1. The predicted molar refractivity (Wildman–Crippen MR) is 85.4 cm³/mol. The Kier molecular flexibility index (Phi) is 4.71. The average Bonchev–Trinajstić information content (AvgIpc) is 3.02. The molecule has 1 fully saturated rings. The van der Waals surface area contributed by atoms with Crippen LogP contribution in [0.2, 0.25) is 0 Å². The number of pyridine rings is 1. The number of halogens is 4. The number of hydrogen-bond acceptors (Lipinski definition) is 4. The van der Waals surface area contributed by atoms with Gasteiger partial charge in [0.1, 0.15) is 11.9 Å². The van der Waals surface area contributed by atoms with Gasteiger partial charge in [0.2, 0.25) is 5.88 Å². The van der Waals surface area contributed by atoms with Crippen LogP contribution in [0.4, 0.5) is 23.2 Å². The summed E-state index contributed by atoms with van der Waals surface area (Å²) in [4.78, 5) is 17.0. The molecule has 3 rings (SSSR count). The molecule has 138 valence electrons. The highest BCUT2D eigenvalue weighted by Gasteiger charge is 2.31. The van der Waals surface area contributed by atoms with E-state index in [1.54, 1.807) is 0 Å². The molecule has 1 aliphatic rings. The standard InChI is InChI=1S/C17H15F4N3O2/c18-11-2-3-14(13(7-11)16(22)25)24-6-5-12(9-24)26-15-4-1-10(8-23-15)17(19,20)21/h1-4,7-8,12H,5-6,9H2,(H2,22,25). The number of benzene rings is 1. The van der Waals surface area contributed by atoms with Gasteiger partial charge >= 0.3 is 6.18 Å². The molecule has 1 aromatic carbocycles. The molecule has 0 aliphatic carbocycles. The minimum absolute atomic E-state index is 0.0679. The van der Waals surface area contributed by atoms with E-state index in [9.17, 15) is 22.4 Å². The first-order valence-corrected chi connectivity index (χ1v) is 7.78. The lowest BCUT2D eigenvalue weighted by molar-refractivity contribution is -0.137. The zero-order valence-corrected chi connectivity index (χ0v) is 13.5. The molecule has 0 bridgehead atoms. The number of anilines is 1. The van der Waals surface area contributed by atoms with E-state index in [4.69, 9.17) is 10.5 Å². The summed E-state index contributed by atoms with van der Waals surface area (Å²) < 4.78 is 56.6. The topological polar surface area (TPSA) is 68.5 Å². The molecule has 1 aliphatic heterocycles. The summed E-state index contributed by atoms with van der Waals surface area (Å²) in [7, 11) is 0. The largest absolute Gasteiger partial charge is 0.472 e. The summed E-state index contributed by atoms with van der Waals surface area (Å²) in [5.41, 5.74) is 5.00. The highest BCUT2D eigenvalue weighted by molar-refractivity contribution is 5.98. The van der Waals surface area contributed by atoms with Crippen molar-refractivity contribution in [1.82, 2.24) is 4.98 Å². The van der Waals surface area contributed by atoms with E-state index in [2.05, 4.69) is 4.98 Å². The highest BCUT2D eigenvalue weighted by Crippen LogP contribution is 2.30. The molecule has 1 atom stereocenters. The van der Waals surface area contributed by atoms with Gasteiger partial charge in [-0.15, -0.1) is 0 Å². The smallest absolute Gasteiger partial charge is 0.417 e. The van der Waals surface area contributed by atoms with Gasteiger partial charge in [0.25, 0.3) is 5.91 Å². The molecule has 9 heteroatoms. The maximum Gasteiger partial charge on any atom is 0.417 e. The number of alkyl halides is 3. The van der Waals surface area contributed by atoms with Crippen molar-refractivity contribution < 1.29 is 27.1 Å². The van der Waals surface area contributed by atoms with Crippen LogP contribution in [0, 0.1) is 5.82 Å². The summed E-state index contributed by atoms with van der Waals surface area (Å²) in [6, 6.07) is 5.84. The third kappa shape index (κ3) is 3.87. The van der Waals surface area contributed by atoms with Crippen LogP contribution in [0.25, 0.3) is 0 Å². The van der Waals surface area contributed by atoms with Gasteiger partial charge in [-0.2, -0.15) is 13.2 Å². The number of carbonyl (C=O) groups is 1. The SMILES string of the molecule is NC(=O)c1cc(F)ccc1N1CCC(Oc2ccc(C(F)(F)F)cn2)C1. The first-order valence-electron chi connectivity index (χ1n) is 7.78. The van der Waals surface area contributed by atoms with Crippen molar-refractivity contribution in [1.29, 1.82) is 0 Å². The number of amides is 1. The van der Waals surface area contributed by atoms with Crippen molar-refractivity contribution in [3.8, 4) is 5.88 Å². The number of hydrogen-bond donors (Lipinski definition) is 1. The fraction of sp³-hybridized carbons (Fsp3) is 0.294. The van der Waals surface area contributed by atoms with Crippen molar-refractivity contribution in [2.75, 3.05) is 18.0 Å². The lowest BCUT2D eigenvalue weighted by Gasteiger charge is -2.21. The number of aromatic nitrogens is 1. The highest BCUT2D eigenvalue weighted by atomic mass is 19.4. The molecule has 1 aromatic heterocycles. The van der Waals surface area contributed by atoms with E-state index >= 15 is 0 Å².